The summed E-state index contributed by atoms with van der Waals surface area (Å²) in [5, 5.41) is 20.8. The molecule has 0 aliphatic heterocycles. The number of hydrogen-bond donors (Lipinski definition) is 3. The van der Waals surface area contributed by atoms with E-state index in [1.165, 1.54) is 0 Å². The van der Waals surface area contributed by atoms with Gasteiger partial charge in [0.2, 0.25) is 5.91 Å². The molecule has 1 fully saturated rings. The fourth-order valence-electron chi connectivity index (χ4n) is 2.97. The van der Waals surface area contributed by atoms with Crippen LogP contribution in [0.25, 0.3) is 0 Å². The number of carbonyl (C=O) groups excluding carboxylic acids is 1. The van der Waals surface area contributed by atoms with Crippen LogP contribution in [0, 0.1) is 5.92 Å². The van der Waals surface area contributed by atoms with E-state index in [2.05, 4.69) is 5.32 Å². The van der Waals surface area contributed by atoms with Gasteiger partial charge in [0.05, 0.1) is 12.0 Å². The number of aliphatic carboxylic acids is 1. The predicted octanol–water partition coefficient (Wildman–Crippen LogP) is 1.69. The molecular formula is C17H23NO4. The highest BCUT2D eigenvalue weighted by Gasteiger charge is 2.25. The van der Waals surface area contributed by atoms with Crippen molar-refractivity contribution in [2.24, 2.45) is 5.92 Å². The van der Waals surface area contributed by atoms with Gasteiger partial charge in [0.25, 0.3) is 0 Å². The number of aliphatic hydroxyl groups excluding tert-OH is 1. The van der Waals surface area contributed by atoms with Crippen LogP contribution in [0.1, 0.15) is 43.2 Å². The Bertz CT molecular complexity index is 526. The number of aliphatic hydroxyl groups is 1. The summed E-state index contributed by atoms with van der Waals surface area (Å²) in [6.07, 6.45) is 3.71. The molecule has 0 aromatic heterocycles. The van der Waals surface area contributed by atoms with Gasteiger partial charge in [-0.2, -0.15) is 0 Å². The molecule has 0 bridgehead atoms. The van der Waals surface area contributed by atoms with E-state index in [1.807, 2.05) is 24.3 Å². The normalized spacial score (nSPS) is 22.3. The fraction of sp³-hybridized carbons (Fsp3) is 0.529. The molecule has 5 nitrogen and oxygen atoms in total. The minimum atomic E-state index is -1.05. The van der Waals surface area contributed by atoms with Crippen LogP contribution in [-0.4, -0.2) is 34.7 Å². The molecule has 0 saturated heterocycles. The zero-order valence-corrected chi connectivity index (χ0v) is 12.8. The second-order valence-corrected chi connectivity index (χ2v) is 6.04. The first-order chi connectivity index (χ1) is 10.5. The van der Waals surface area contributed by atoms with Gasteiger partial charge in [-0.3, -0.25) is 9.59 Å². The summed E-state index contributed by atoms with van der Waals surface area (Å²) >= 11 is 0. The smallest absolute Gasteiger partial charge is 0.322 e. The van der Waals surface area contributed by atoms with Crippen LogP contribution in [-0.2, 0) is 16.0 Å². The van der Waals surface area contributed by atoms with E-state index >= 15 is 0 Å². The summed E-state index contributed by atoms with van der Waals surface area (Å²) in [6, 6.07) is 7.78. The fourth-order valence-corrected chi connectivity index (χ4v) is 2.97. The first-order valence-electron chi connectivity index (χ1n) is 7.73. The van der Waals surface area contributed by atoms with Crippen molar-refractivity contribution in [3.63, 3.8) is 0 Å². The van der Waals surface area contributed by atoms with Gasteiger partial charge in [-0.25, -0.2) is 0 Å². The molecule has 3 N–H and O–H groups in total. The van der Waals surface area contributed by atoms with Crippen LogP contribution in [0.5, 0.6) is 0 Å². The highest BCUT2D eigenvalue weighted by Crippen LogP contribution is 2.29. The standard InChI is InChI=1S/C17H23NO4/c1-11(17(22)18-10-16(20)21)13-7-5-12(6-8-13)9-14-3-2-4-15(14)19/h5-8,11,14-15,19H,2-4,9-10H2,1H3,(H,18,22)(H,20,21). The van der Waals surface area contributed by atoms with Crippen molar-refractivity contribution in [1.82, 2.24) is 5.32 Å². The van der Waals surface area contributed by atoms with E-state index in [0.717, 1.165) is 36.8 Å². The van der Waals surface area contributed by atoms with Gasteiger partial charge < -0.3 is 15.5 Å². The molecule has 3 atom stereocenters. The van der Waals surface area contributed by atoms with E-state index in [1.54, 1.807) is 6.92 Å². The molecule has 1 aromatic rings. The average molecular weight is 305 g/mol. The molecule has 0 radical (unpaired) electrons. The largest absolute Gasteiger partial charge is 0.480 e. The molecule has 1 aliphatic rings. The number of benzene rings is 1. The lowest BCUT2D eigenvalue weighted by molar-refractivity contribution is -0.138. The predicted molar refractivity (Wildman–Crippen MR) is 82.6 cm³/mol. The lowest BCUT2D eigenvalue weighted by atomic mass is 9.93. The minimum absolute atomic E-state index is 0.194. The molecule has 22 heavy (non-hydrogen) atoms. The third-order valence-electron chi connectivity index (χ3n) is 4.40. The Hall–Kier alpha value is -1.88. The van der Waals surface area contributed by atoms with Crippen molar-refractivity contribution >= 4 is 11.9 Å². The number of amides is 1. The number of carboxylic acid groups (broad SMARTS) is 1. The Morgan fingerprint density at radius 1 is 1.27 bits per heavy atom. The third kappa shape index (κ3) is 4.31. The van der Waals surface area contributed by atoms with Crippen LogP contribution < -0.4 is 5.32 Å². The highest BCUT2D eigenvalue weighted by molar-refractivity contribution is 5.86. The number of rotatable bonds is 6. The maximum absolute atomic E-state index is 11.8. The SMILES string of the molecule is CC(C(=O)NCC(=O)O)c1ccc(CC2CCCC2O)cc1. The number of hydrogen-bond acceptors (Lipinski definition) is 3. The van der Waals surface area contributed by atoms with Crippen molar-refractivity contribution in [2.75, 3.05) is 6.54 Å². The number of carboxylic acids is 1. The first kappa shape index (κ1) is 16.5. The number of nitrogens with one attached hydrogen (secondary N) is 1. The Balaban J connectivity index is 1.93. The molecule has 1 aliphatic carbocycles. The molecule has 1 aromatic carbocycles. The molecule has 3 unspecified atom stereocenters. The lowest BCUT2D eigenvalue weighted by Gasteiger charge is -2.15. The van der Waals surface area contributed by atoms with Crippen LogP contribution in [0.15, 0.2) is 24.3 Å². The average Bonchev–Trinajstić information content (AvgIpc) is 2.90. The summed E-state index contributed by atoms with van der Waals surface area (Å²) in [4.78, 5) is 22.3. The van der Waals surface area contributed by atoms with Crippen LogP contribution in [0.2, 0.25) is 0 Å². The van der Waals surface area contributed by atoms with Crippen molar-refractivity contribution < 1.29 is 19.8 Å². The topological polar surface area (TPSA) is 86.6 Å². The third-order valence-corrected chi connectivity index (χ3v) is 4.40. The Morgan fingerprint density at radius 3 is 2.50 bits per heavy atom. The second kappa shape index (κ2) is 7.40. The zero-order chi connectivity index (χ0) is 16.1. The first-order valence-corrected chi connectivity index (χ1v) is 7.73. The molecule has 5 heteroatoms. The van der Waals surface area contributed by atoms with Gasteiger partial charge in [-0.1, -0.05) is 30.7 Å². The summed E-state index contributed by atoms with van der Waals surface area (Å²) in [6.45, 7) is 1.40. The second-order valence-electron chi connectivity index (χ2n) is 6.04. The van der Waals surface area contributed by atoms with Gasteiger partial charge in [0.15, 0.2) is 0 Å². The lowest BCUT2D eigenvalue weighted by Crippen LogP contribution is -2.32. The molecule has 0 heterocycles. The van der Waals surface area contributed by atoms with Crippen LogP contribution in [0.4, 0.5) is 0 Å². The maximum atomic E-state index is 11.8. The van der Waals surface area contributed by atoms with E-state index in [-0.39, 0.29) is 24.5 Å². The zero-order valence-electron chi connectivity index (χ0n) is 12.8. The monoisotopic (exact) mass is 305 g/mol. The van der Waals surface area contributed by atoms with Crippen LogP contribution in [0.3, 0.4) is 0 Å². The van der Waals surface area contributed by atoms with Crippen molar-refractivity contribution in [1.29, 1.82) is 0 Å². The number of carbonyl (C=O) groups is 2. The van der Waals surface area contributed by atoms with Gasteiger partial charge >= 0.3 is 5.97 Å². The van der Waals surface area contributed by atoms with E-state index in [9.17, 15) is 14.7 Å². The van der Waals surface area contributed by atoms with E-state index in [4.69, 9.17) is 5.11 Å². The minimum Gasteiger partial charge on any atom is -0.480 e. The molecule has 0 spiro atoms. The van der Waals surface area contributed by atoms with Crippen LogP contribution >= 0.6 is 0 Å². The summed E-state index contributed by atoms with van der Waals surface area (Å²) in [7, 11) is 0. The van der Waals surface area contributed by atoms with Crippen molar-refractivity contribution in [3.8, 4) is 0 Å². The molecule has 1 amide bonds. The summed E-state index contributed by atoms with van der Waals surface area (Å²) < 4.78 is 0. The maximum Gasteiger partial charge on any atom is 0.322 e. The highest BCUT2D eigenvalue weighted by atomic mass is 16.4. The van der Waals surface area contributed by atoms with Gasteiger partial charge in [0.1, 0.15) is 6.54 Å². The van der Waals surface area contributed by atoms with Gasteiger partial charge in [-0.05, 0) is 43.2 Å². The molecule has 1 saturated carbocycles. The Morgan fingerprint density at radius 2 is 1.95 bits per heavy atom. The molecule has 120 valence electrons. The van der Waals surface area contributed by atoms with Crippen molar-refractivity contribution in [3.05, 3.63) is 35.4 Å². The van der Waals surface area contributed by atoms with E-state index in [0.29, 0.717) is 5.92 Å². The molecule has 2 rings (SSSR count). The summed E-state index contributed by atoms with van der Waals surface area (Å²) in [5.41, 5.74) is 2.02. The van der Waals surface area contributed by atoms with Gasteiger partial charge in [0, 0.05) is 0 Å². The quantitative estimate of drug-likeness (QED) is 0.746. The summed E-state index contributed by atoms with van der Waals surface area (Å²) in [5.74, 6) is -1.39. The van der Waals surface area contributed by atoms with Gasteiger partial charge in [-0.15, -0.1) is 0 Å². The Kier molecular flexibility index (Phi) is 5.55. The Labute approximate surface area is 130 Å². The molecular weight excluding hydrogens is 282 g/mol. The van der Waals surface area contributed by atoms with E-state index < -0.39 is 5.97 Å². The van der Waals surface area contributed by atoms with Crippen molar-refractivity contribution in [2.45, 2.75) is 44.6 Å².